The van der Waals surface area contributed by atoms with Crippen LogP contribution in [0.4, 0.5) is 13.2 Å². The molecule has 0 aliphatic carbocycles. The molecule has 0 amide bonds. The van der Waals surface area contributed by atoms with E-state index in [0.717, 1.165) is 0 Å². The highest BCUT2D eigenvalue weighted by molar-refractivity contribution is 7.10. The van der Waals surface area contributed by atoms with Gasteiger partial charge < -0.3 is 15.2 Å². The fourth-order valence-corrected chi connectivity index (χ4v) is 2.90. The van der Waals surface area contributed by atoms with Crippen LogP contribution in [0.15, 0.2) is 29.6 Å². The monoisotopic (exact) mass is 331 g/mol. The van der Waals surface area contributed by atoms with E-state index in [4.69, 9.17) is 4.74 Å². The highest BCUT2D eigenvalue weighted by atomic mass is 32.1. The molecule has 1 heterocycles. The molecule has 22 heavy (non-hydrogen) atoms. The molecule has 120 valence electrons. The number of benzene rings is 1. The number of hydrogen-bond donors (Lipinski definition) is 2. The van der Waals surface area contributed by atoms with E-state index in [1.54, 1.807) is 19.1 Å². The third-order valence-corrected chi connectivity index (χ3v) is 4.31. The Morgan fingerprint density at radius 2 is 2.05 bits per heavy atom. The predicted molar refractivity (Wildman–Crippen MR) is 79.2 cm³/mol. The Morgan fingerprint density at radius 3 is 2.68 bits per heavy atom. The smallest absolute Gasteiger partial charge is 0.425 e. The molecule has 7 heteroatoms. The third kappa shape index (κ3) is 3.72. The van der Waals surface area contributed by atoms with E-state index in [-0.39, 0.29) is 23.9 Å². The summed E-state index contributed by atoms with van der Waals surface area (Å²) in [5.74, 6) is 0.648. The van der Waals surface area contributed by atoms with Crippen molar-refractivity contribution in [2.24, 2.45) is 0 Å². The first-order valence-electron chi connectivity index (χ1n) is 6.56. The van der Waals surface area contributed by atoms with Crippen molar-refractivity contribution in [1.82, 2.24) is 5.32 Å². The second-order valence-electron chi connectivity index (χ2n) is 4.80. The lowest BCUT2D eigenvalue weighted by Crippen LogP contribution is -2.19. The van der Waals surface area contributed by atoms with Crippen LogP contribution in [-0.2, 0) is 12.7 Å². The van der Waals surface area contributed by atoms with Crippen molar-refractivity contribution in [3.05, 3.63) is 45.6 Å². The predicted octanol–water partition coefficient (Wildman–Crippen LogP) is 4.33. The van der Waals surface area contributed by atoms with Crippen LogP contribution in [0.1, 0.15) is 29.0 Å². The van der Waals surface area contributed by atoms with E-state index < -0.39 is 11.1 Å². The minimum atomic E-state index is -4.34. The molecule has 1 atom stereocenters. The Hall–Kier alpha value is -1.73. The molecular weight excluding hydrogens is 315 g/mol. The summed E-state index contributed by atoms with van der Waals surface area (Å²) in [6.45, 7) is 1.84. The van der Waals surface area contributed by atoms with Crippen LogP contribution in [0, 0.1) is 0 Å². The van der Waals surface area contributed by atoms with Gasteiger partial charge in [0.1, 0.15) is 16.4 Å². The first-order chi connectivity index (χ1) is 10.3. The van der Waals surface area contributed by atoms with Crippen LogP contribution in [0.25, 0.3) is 0 Å². The zero-order chi connectivity index (χ0) is 16.3. The van der Waals surface area contributed by atoms with Gasteiger partial charge in [-0.05, 0) is 42.1 Å². The zero-order valence-corrected chi connectivity index (χ0v) is 12.9. The summed E-state index contributed by atoms with van der Waals surface area (Å²) >= 11 is 0.679. The van der Waals surface area contributed by atoms with E-state index >= 15 is 0 Å². The summed E-state index contributed by atoms with van der Waals surface area (Å²) < 4.78 is 43.5. The Morgan fingerprint density at radius 1 is 1.32 bits per heavy atom. The molecule has 2 N–H and O–H groups in total. The lowest BCUT2D eigenvalue weighted by molar-refractivity contribution is -0.134. The van der Waals surface area contributed by atoms with Gasteiger partial charge in [0.25, 0.3) is 0 Å². The molecule has 0 aliphatic rings. The molecule has 0 spiro atoms. The number of nitrogens with one attached hydrogen (secondary N) is 1. The first kappa shape index (κ1) is 16.6. The number of hydrogen-bond acceptors (Lipinski definition) is 4. The van der Waals surface area contributed by atoms with Crippen LogP contribution in [0.3, 0.4) is 0 Å². The van der Waals surface area contributed by atoms with Crippen molar-refractivity contribution in [1.29, 1.82) is 0 Å². The number of alkyl halides is 3. The molecule has 0 aliphatic heterocycles. The number of aromatic hydroxyl groups is 1. The number of phenols is 1. The number of rotatable bonds is 5. The molecule has 2 rings (SSSR count). The Balaban J connectivity index is 2.11. The number of phenolic OH excluding ortho intramolecular Hbond substituents is 1. The van der Waals surface area contributed by atoms with Crippen molar-refractivity contribution < 1.29 is 23.0 Å². The summed E-state index contributed by atoms with van der Waals surface area (Å²) in [7, 11) is 1.51. The molecule has 1 aromatic heterocycles. The van der Waals surface area contributed by atoms with Gasteiger partial charge in [0, 0.05) is 18.2 Å². The maximum atomic E-state index is 12.8. The molecule has 0 saturated carbocycles. The summed E-state index contributed by atoms with van der Waals surface area (Å²) in [4.78, 5) is -0.595. The Labute approximate surface area is 130 Å². The maximum absolute atomic E-state index is 12.8. The van der Waals surface area contributed by atoms with E-state index in [0.29, 0.717) is 22.6 Å². The van der Waals surface area contributed by atoms with Gasteiger partial charge in [-0.15, -0.1) is 11.3 Å². The maximum Gasteiger partial charge on any atom is 0.425 e. The molecule has 0 fully saturated rings. The molecule has 0 saturated heterocycles. The van der Waals surface area contributed by atoms with Gasteiger partial charge in [-0.25, -0.2) is 0 Å². The summed E-state index contributed by atoms with van der Waals surface area (Å²) in [6.07, 6.45) is -4.34. The van der Waals surface area contributed by atoms with E-state index in [1.807, 2.05) is 0 Å². The van der Waals surface area contributed by atoms with Gasteiger partial charge in [0.2, 0.25) is 0 Å². The van der Waals surface area contributed by atoms with Gasteiger partial charge in [0.05, 0.1) is 7.11 Å². The second-order valence-corrected chi connectivity index (χ2v) is 5.72. The molecule has 1 aromatic carbocycles. The molecule has 1 unspecified atom stereocenters. The van der Waals surface area contributed by atoms with Crippen molar-refractivity contribution in [2.75, 3.05) is 7.11 Å². The fourth-order valence-electron chi connectivity index (χ4n) is 2.10. The standard InChI is InChI=1S/C15H16F3NO2S/c1-9(12-7-11(21-2)3-4-13(12)20)19-8-10-5-6-22-14(10)15(16,17)18/h3-7,9,19-20H,8H2,1-2H3. The van der Waals surface area contributed by atoms with Crippen molar-refractivity contribution in [3.63, 3.8) is 0 Å². The second kappa shape index (κ2) is 6.58. The van der Waals surface area contributed by atoms with Crippen LogP contribution >= 0.6 is 11.3 Å². The minimum absolute atomic E-state index is 0.0656. The normalized spacial score (nSPS) is 13.1. The minimum Gasteiger partial charge on any atom is -0.508 e. The molecule has 0 radical (unpaired) electrons. The number of thiophene rings is 1. The Bertz CT molecular complexity index is 640. The van der Waals surface area contributed by atoms with Gasteiger partial charge in [-0.2, -0.15) is 13.2 Å². The molecule has 0 bridgehead atoms. The van der Waals surface area contributed by atoms with E-state index in [2.05, 4.69) is 5.32 Å². The lowest BCUT2D eigenvalue weighted by Gasteiger charge is -2.17. The number of methoxy groups -OCH3 is 1. The largest absolute Gasteiger partial charge is 0.508 e. The average Bonchev–Trinajstić information content (AvgIpc) is 2.94. The van der Waals surface area contributed by atoms with Gasteiger partial charge in [0.15, 0.2) is 0 Å². The first-order valence-corrected chi connectivity index (χ1v) is 7.44. The van der Waals surface area contributed by atoms with Crippen LogP contribution < -0.4 is 10.1 Å². The summed E-state index contributed by atoms with van der Waals surface area (Å²) in [5, 5.41) is 14.3. The van der Waals surface area contributed by atoms with Crippen LogP contribution in [0.2, 0.25) is 0 Å². The number of halogens is 3. The van der Waals surface area contributed by atoms with E-state index in [1.165, 1.54) is 24.6 Å². The molecule has 2 aromatic rings. The van der Waals surface area contributed by atoms with Gasteiger partial charge in [-0.3, -0.25) is 0 Å². The zero-order valence-electron chi connectivity index (χ0n) is 12.1. The van der Waals surface area contributed by atoms with Crippen LogP contribution in [0.5, 0.6) is 11.5 Å². The number of ether oxygens (including phenoxy) is 1. The highest BCUT2D eigenvalue weighted by Gasteiger charge is 2.34. The molecule has 3 nitrogen and oxygen atoms in total. The van der Waals surface area contributed by atoms with E-state index in [9.17, 15) is 18.3 Å². The van der Waals surface area contributed by atoms with Crippen molar-refractivity contribution in [2.45, 2.75) is 25.7 Å². The quantitative estimate of drug-likeness (QED) is 0.857. The van der Waals surface area contributed by atoms with Gasteiger partial charge in [-0.1, -0.05) is 0 Å². The SMILES string of the molecule is COc1ccc(O)c(C(C)NCc2ccsc2C(F)(F)F)c1. The third-order valence-electron chi connectivity index (χ3n) is 3.30. The Kier molecular flexibility index (Phi) is 4.97. The summed E-state index contributed by atoms with van der Waals surface area (Å²) in [5.41, 5.74) is 0.773. The van der Waals surface area contributed by atoms with Crippen LogP contribution in [-0.4, -0.2) is 12.2 Å². The summed E-state index contributed by atoms with van der Waals surface area (Å²) in [6, 6.07) is 5.91. The van der Waals surface area contributed by atoms with Crippen molar-refractivity contribution in [3.8, 4) is 11.5 Å². The highest BCUT2D eigenvalue weighted by Crippen LogP contribution is 2.36. The van der Waals surface area contributed by atoms with Gasteiger partial charge >= 0.3 is 6.18 Å². The lowest BCUT2D eigenvalue weighted by atomic mass is 10.1. The fraction of sp³-hybridized carbons (Fsp3) is 0.333. The molecular formula is C15H16F3NO2S. The average molecular weight is 331 g/mol. The van der Waals surface area contributed by atoms with Crippen molar-refractivity contribution >= 4 is 11.3 Å². The topological polar surface area (TPSA) is 41.5 Å².